The van der Waals surface area contributed by atoms with Gasteiger partial charge in [0.25, 0.3) is 0 Å². The second-order valence-corrected chi connectivity index (χ2v) is 7.03. The van der Waals surface area contributed by atoms with E-state index in [1.54, 1.807) is 0 Å². The van der Waals surface area contributed by atoms with Crippen LogP contribution in [0.3, 0.4) is 0 Å². The van der Waals surface area contributed by atoms with E-state index in [9.17, 15) is 8.42 Å². The molecule has 8 heteroatoms. The number of nitrogens with two attached hydrogens (primary N) is 1. The van der Waals surface area contributed by atoms with Crippen LogP contribution in [0.1, 0.15) is 26.2 Å². The van der Waals surface area contributed by atoms with Crippen LogP contribution in [-0.4, -0.2) is 28.1 Å². The van der Waals surface area contributed by atoms with Crippen LogP contribution in [0.4, 0.5) is 0 Å². The summed E-state index contributed by atoms with van der Waals surface area (Å²) >= 11 is 12.0. The van der Waals surface area contributed by atoms with E-state index >= 15 is 0 Å². The third-order valence-corrected chi connectivity index (χ3v) is 5.57. The molecule has 1 atom stereocenters. The van der Waals surface area contributed by atoms with Gasteiger partial charge in [-0.25, -0.2) is 13.1 Å². The zero-order valence-corrected chi connectivity index (χ0v) is 14.4. The lowest BCUT2D eigenvalue weighted by Gasteiger charge is -2.18. The number of methoxy groups -OCH3 is 1. The lowest BCUT2D eigenvalue weighted by atomic mass is 10.1. The van der Waals surface area contributed by atoms with E-state index in [0.717, 1.165) is 12.8 Å². The van der Waals surface area contributed by atoms with Crippen molar-refractivity contribution in [3.05, 3.63) is 22.2 Å². The largest absolute Gasteiger partial charge is 0.495 e. The quantitative estimate of drug-likeness (QED) is 0.751. The summed E-state index contributed by atoms with van der Waals surface area (Å²) in [5, 5.41) is 0.00896. The summed E-state index contributed by atoms with van der Waals surface area (Å²) < 4.78 is 32.3. The number of sulfonamides is 1. The van der Waals surface area contributed by atoms with E-state index in [-0.39, 0.29) is 27.5 Å². The molecule has 120 valence electrons. The maximum absolute atomic E-state index is 12.4. The van der Waals surface area contributed by atoms with E-state index in [1.807, 2.05) is 6.92 Å². The molecule has 0 saturated carbocycles. The van der Waals surface area contributed by atoms with Crippen LogP contribution >= 0.6 is 23.2 Å². The van der Waals surface area contributed by atoms with Gasteiger partial charge in [0.15, 0.2) is 0 Å². The number of rotatable bonds is 8. The minimum Gasteiger partial charge on any atom is -0.495 e. The van der Waals surface area contributed by atoms with Crippen LogP contribution in [0.5, 0.6) is 5.75 Å². The lowest BCUT2D eigenvalue weighted by molar-refractivity contribution is 0.414. The summed E-state index contributed by atoms with van der Waals surface area (Å²) in [5.74, 6) is 0.321. The molecule has 0 heterocycles. The number of ether oxygens (including phenoxy) is 1. The number of benzene rings is 1. The highest BCUT2D eigenvalue weighted by atomic mass is 35.5. The monoisotopic (exact) mass is 354 g/mol. The average Bonchev–Trinajstić information content (AvgIpc) is 2.45. The Morgan fingerprint density at radius 2 is 2.00 bits per heavy atom. The molecular formula is C13H20Cl2N2O3S. The van der Waals surface area contributed by atoms with Gasteiger partial charge in [-0.2, -0.15) is 0 Å². The van der Waals surface area contributed by atoms with Gasteiger partial charge in [0.2, 0.25) is 10.0 Å². The van der Waals surface area contributed by atoms with Gasteiger partial charge in [-0.1, -0.05) is 43.0 Å². The molecular weight excluding hydrogens is 335 g/mol. The molecule has 3 N–H and O–H groups in total. The normalized spacial score (nSPS) is 13.2. The van der Waals surface area contributed by atoms with Crippen molar-refractivity contribution in [2.45, 2.75) is 37.1 Å². The van der Waals surface area contributed by atoms with Crippen molar-refractivity contribution in [3.63, 3.8) is 0 Å². The Hall–Kier alpha value is -0.530. The third-order valence-electron chi connectivity index (χ3n) is 3.03. The Bertz CT molecular complexity index is 579. The molecule has 0 radical (unpaired) electrons. The van der Waals surface area contributed by atoms with Crippen LogP contribution in [0.2, 0.25) is 10.0 Å². The van der Waals surface area contributed by atoms with Crippen LogP contribution in [0.25, 0.3) is 0 Å². The number of nitrogens with one attached hydrogen (secondary N) is 1. The first kappa shape index (κ1) is 18.5. The van der Waals surface area contributed by atoms with Crippen LogP contribution < -0.4 is 15.2 Å². The molecule has 1 unspecified atom stereocenters. The summed E-state index contributed by atoms with van der Waals surface area (Å²) in [5.41, 5.74) is 5.61. The van der Waals surface area contributed by atoms with Crippen molar-refractivity contribution >= 4 is 33.2 Å². The van der Waals surface area contributed by atoms with Gasteiger partial charge in [0.1, 0.15) is 15.7 Å². The highest BCUT2D eigenvalue weighted by Gasteiger charge is 2.24. The number of hydrogen-bond donors (Lipinski definition) is 2. The van der Waals surface area contributed by atoms with Crippen molar-refractivity contribution in [3.8, 4) is 5.75 Å². The molecule has 1 rings (SSSR count). The Morgan fingerprint density at radius 1 is 1.33 bits per heavy atom. The highest BCUT2D eigenvalue weighted by Crippen LogP contribution is 2.36. The van der Waals surface area contributed by atoms with Crippen molar-refractivity contribution in [2.75, 3.05) is 13.7 Å². The second kappa shape index (κ2) is 8.19. The maximum Gasteiger partial charge on any atom is 0.242 e. The summed E-state index contributed by atoms with van der Waals surface area (Å²) in [7, 11) is -2.35. The van der Waals surface area contributed by atoms with E-state index in [2.05, 4.69) is 4.72 Å². The second-order valence-electron chi connectivity index (χ2n) is 4.59. The van der Waals surface area contributed by atoms with Gasteiger partial charge in [0.05, 0.1) is 12.1 Å². The summed E-state index contributed by atoms with van der Waals surface area (Å²) in [6.07, 6.45) is 2.53. The molecule has 5 nitrogen and oxygen atoms in total. The molecule has 0 fully saturated rings. The van der Waals surface area contributed by atoms with Crippen molar-refractivity contribution in [1.82, 2.24) is 4.72 Å². The Balaban J connectivity index is 3.05. The molecule has 0 aromatic heterocycles. The van der Waals surface area contributed by atoms with E-state index in [0.29, 0.717) is 12.2 Å². The molecule has 0 aliphatic rings. The number of hydrogen-bond acceptors (Lipinski definition) is 4. The first-order valence-electron chi connectivity index (χ1n) is 6.61. The van der Waals surface area contributed by atoms with Crippen LogP contribution in [0.15, 0.2) is 17.0 Å². The standard InChI is InChI=1S/C13H20Cl2N2O3S/c1-3-4-5-9(8-16)17-21(18,19)11-7-6-10(20-2)12(14)13(11)15/h6-7,9,17H,3-5,8,16H2,1-2H3. The zero-order valence-electron chi connectivity index (χ0n) is 12.0. The molecule has 0 aliphatic heterocycles. The molecule has 0 saturated heterocycles. The SMILES string of the molecule is CCCCC(CN)NS(=O)(=O)c1ccc(OC)c(Cl)c1Cl. The van der Waals surface area contributed by atoms with Crippen molar-refractivity contribution < 1.29 is 13.2 Å². The third kappa shape index (κ3) is 4.72. The van der Waals surface area contributed by atoms with Crippen LogP contribution in [-0.2, 0) is 10.0 Å². The molecule has 0 bridgehead atoms. The first-order chi connectivity index (χ1) is 9.87. The van der Waals surface area contributed by atoms with Gasteiger partial charge >= 0.3 is 0 Å². The molecule has 0 spiro atoms. The number of unbranched alkanes of at least 4 members (excludes halogenated alkanes) is 1. The fourth-order valence-electron chi connectivity index (χ4n) is 1.84. The average molecular weight is 355 g/mol. The lowest BCUT2D eigenvalue weighted by Crippen LogP contribution is -2.40. The fourth-order valence-corrected chi connectivity index (χ4v) is 3.96. The van der Waals surface area contributed by atoms with E-state index < -0.39 is 10.0 Å². The minimum atomic E-state index is -3.78. The molecule has 1 aromatic rings. The Labute approximate surface area is 135 Å². The summed E-state index contributed by atoms with van der Waals surface area (Å²) in [6, 6.07) is 2.50. The summed E-state index contributed by atoms with van der Waals surface area (Å²) in [6.45, 7) is 2.25. The topological polar surface area (TPSA) is 81.4 Å². The van der Waals surface area contributed by atoms with E-state index in [4.69, 9.17) is 33.7 Å². The van der Waals surface area contributed by atoms with Crippen molar-refractivity contribution in [1.29, 1.82) is 0 Å². The van der Waals surface area contributed by atoms with Crippen LogP contribution in [0, 0.1) is 0 Å². The smallest absolute Gasteiger partial charge is 0.242 e. The van der Waals surface area contributed by atoms with Gasteiger partial charge in [-0.3, -0.25) is 0 Å². The maximum atomic E-state index is 12.4. The fraction of sp³-hybridized carbons (Fsp3) is 0.538. The number of halogens is 2. The predicted octanol–water partition coefficient (Wildman–Crippen LogP) is 2.80. The molecule has 1 aromatic carbocycles. The van der Waals surface area contributed by atoms with Crippen molar-refractivity contribution in [2.24, 2.45) is 5.73 Å². The highest BCUT2D eigenvalue weighted by molar-refractivity contribution is 7.89. The molecule has 21 heavy (non-hydrogen) atoms. The van der Waals surface area contributed by atoms with Gasteiger partial charge < -0.3 is 10.5 Å². The van der Waals surface area contributed by atoms with E-state index in [1.165, 1.54) is 19.2 Å². The van der Waals surface area contributed by atoms with Gasteiger partial charge in [0, 0.05) is 12.6 Å². The molecule has 0 amide bonds. The predicted molar refractivity (Wildman–Crippen MR) is 85.7 cm³/mol. The van der Waals surface area contributed by atoms with Gasteiger partial charge in [-0.05, 0) is 18.6 Å². The Kier molecular flexibility index (Phi) is 7.23. The zero-order chi connectivity index (χ0) is 16.0. The minimum absolute atomic E-state index is 0.0604. The Morgan fingerprint density at radius 3 is 2.52 bits per heavy atom. The molecule has 0 aliphatic carbocycles. The first-order valence-corrected chi connectivity index (χ1v) is 8.85. The summed E-state index contributed by atoms with van der Waals surface area (Å²) in [4.78, 5) is -0.0788. The van der Waals surface area contributed by atoms with Gasteiger partial charge in [-0.15, -0.1) is 0 Å².